The van der Waals surface area contributed by atoms with Crippen LogP contribution in [0.4, 0.5) is 0 Å². The molecule has 0 unspecified atom stereocenters. The van der Waals surface area contributed by atoms with Crippen molar-refractivity contribution in [1.29, 1.82) is 0 Å². The maximum atomic E-state index is 6.48. The third-order valence-corrected chi connectivity index (χ3v) is 8.47. The molecule has 0 radical (unpaired) electrons. The molecule has 0 N–H and O–H groups in total. The highest BCUT2D eigenvalue weighted by Crippen LogP contribution is 2.43. The van der Waals surface area contributed by atoms with Crippen LogP contribution in [0.3, 0.4) is 0 Å². The minimum atomic E-state index is 0.850. The maximum Gasteiger partial charge on any atom is 0.143 e. The van der Waals surface area contributed by atoms with Gasteiger partial charge in [0.15, 0.2) is 0 Å². The first-order valence-electron chi connectivity index (χ1n) is 14.5. The summed E-state index contributed by atoms with van der Waals surface area (Å²) >= 11 is 0. The second-order valence-electron chi connectivity index (χ2n) is 10.9. The zero-order chi connectivity index (χ0) is 28.3. The third kappa shape index (κ3) is 3.62. The van der Waals surface area contributed by atoms with E-state index in [1.807, 2.05) is 18.2 Å². The van der Waals surface area contributed by atoms with E-state index in [0.717, 1.165) is 77.4 Å². The van der Waals surface area contributed by atoms with E-state index in [-0.39, 0.29) is 0 Å². The van der Waals surface area contributed by atoms with Gasteiger partial charge in [-0.2, -0.15) is 0 Å². The van der Waals surface area contributed by atoms with Gasteiger partial charge in [0.25, 0.3) is 0 Å². The molecule has 2 heterocycles. The van der Waals surface area contributed by atoms with Crippen LogP contribution in [0.5, 0.6) is 0 Å². The van der Waals surface area contributed by atoms with E-state index >= 15 is 0 Å². The van der Waals surface area contributed by atoms with Gasteiger partial charge in [0, 0.05) is 38.2 Å². The van der Waals surface area contributed by atoms with E-state index in [2.05, 4.69) is 127 Å². The van der Waals surface area contributed by atoms with Crippen LogP contribution in [0.25, 0.3) is 88.2 Å². The Hall–Kier alpha value is -5.80. The van der Waals surface area contributed by atoms with Gasteiger partial charge in [-0.25, -0.2) is 9.97 Å². The van der Waals surface area contributed by atoms with Gasteiger partial charge in [-0.3, -0.25) is 0 Å². The summed E-state index contributed by atoms with van der Waals surface area (Å²) in [4.78, 5) is 11.0. The van der Waals surface area contributed by atoms with E-state index in [0.29, 0.717) is 0 Å². The monoisotopic (exact) mass is 548 g/mol. The molecule has 3 heteroatoms. The summed E-state index contributed by atoms with van der Waals surface area (Å²) in [6.45, 7) is 0. The molecule has 0 fully saturated rings. The molecule has 9 aromatic rings. The van der Waals surface area contributed by atoms with Crippen molar-refractivity contribution < 1.29 is 4.42 Å². The minimum Gasteiger partial charge on any atom is -0.455 e. The lowest BCUT2D eigenvalue weighted by Gasteiger charge is -2.16. The standard InChI is InChI=1S/C40H24N2O/c1-2-13-25(14-3-1)36-37(42-39-31-20-8-5-16-27(31)26-15-4-7-19-30(26)38(39)41-36)32-21-9-6-17-28(32)33-22-12-23-34-29-18-10-11-24-35(29)43-40(33)34/h1-24H. The number of aromatic nitrogens is 2. The van der Waals surface area contributed by atoms with Crippen LogP contribution in [0.2, 0.25) is 0 Å². The molecule has 0 aliphatic carbocycles. The lowest BCUT2D eigenvalue weighted by Crippen LogP contribution is -1.98. The highest BCUT2D eigenvalue weighted by atomic mass is 16.3. The molecule has 0 atom stereocenters. The number of hydrogen-bond acceptors (Lipinski definition) is 3. The molecule has 43 heavy (non-hydrogen) atoms. The van der Waals surface area contributed by atoms with Gasteiger partial charge in [0.1, 0.15) is 11.2 Å². The average Bonchev–Trinajstić information content (AvgIpc) is 3.47. The van der Waals surface area contributed by atoms with E-state index in [9.17, 15) is 0 Å². The Kier molecular flexibility index (Phi) is 5.20. The fraction of sp³-hybridized carbons (Fsp3) is 0. The van der Waals surface area contributed by atoms with Crippen LogP contribution >= 0.6 is 0 Å². The van der Waals surface area contributed by atoms with Crippen molar-refractivity contribution in [2.45, 2.75) is 0 Å². The average molecular weight is 549 g/mol. The van der Waals surface area contributed by atoms with Gasteiger partial charge < -0.3 is 4.42 Å². The summed E-state index contributed by atoms with van der Waals surface area (Å²) in [5.74, 6) is 0. The Morgan fingerprint density at radius 3 is 1.58 bits per heavy atom. The largest absolute Gasteiger partial charge is 0.455 e. The van der Waals surface area contributed by atoms with Crippen LogP contribution in [-0.2, 0) is 0 Å². The van der Waals surface area contributed by atoms with Gasteiger partial charge in [-0.1, -0.05) is 140 Å². The number of para-hydroxylation sites is 2. The fourth-order valence-corrected chi connectivity index (χ4v) is 6.53. The number of fused-ring (bicyclic) bond motifs is 9. The zero-order valence-electron chi connectivity index (χ0n) is 23.2. The number of rotatable bonds is 3. The molecule has 0 saturated carbocycles. The Morgan fingerprint density at radius 2 is 0.860 bits per heavy atom. The van der Waals surface area contributed by atoms with Crippen LogP contribution in [0.15, 0.2) is 150 Å². The Bertz CT molecular complexity index is 2510. The number of furan rings is 1. The molecule has 200 valence electrons. The first kappa shape index (κ1) is 23.9. The number of nitrogens with zero attached hydrogens (tertiary/aromatic N) is 2. The summed E-state index contributed by atoms with van der Waals surface area (Å²) in [6, 6.07) is 50.5. The van der Waals surface area contributed by atoms with Gasteiger partial charge in [0.05, 0.1) is 22.4 Å². The predicted molar refractivity (Wildman–Crippen MR) is 178 cm³/mol. The first-order chi connectivity index (χ1) is 21.3. The smallest absolute Gasteiger partial charge is 0.143 e. The number of hydrogen-bond donors (Lipinski definition) is 0. The van der Waals surface area contributed by atoms with Crippen molar-refractivity contribution in [3.63, 3.8) is 0 Å². The van der Waals surface area contributed by atoms with E-state index in [4.69, 9.17) is 14.4 Å². The topological polar surface area (TPSA) is 38.9 Å². The van der Waals surface area contributed by atoms with E-state index in [1.54, 1.807) is 0 Å². The summed E-state index contributed by atoms with van der Waals surface area (Å²) in [5.41, 5.74) is 9.42. The molecule has 3 nitrogen and oxygen atoms in total. The molecule has 0 aliphatic rings. The molecular weight excluding hydrogens is 524 g/mol. The van der Waals surface area contributed by atoms with Crippen molar-refractivity contribution in [1.82, 2.24) is 9.97 Å². The van der Waals surface area contributed by atoms with Gasteiger partial charge in [-0.05, 0) is 22.4 Å². The van der Waals surface area contributed by atoms with Gasteiger partial charge in [-0.15, -0.1) is 0 Å². The maximum absolute atomic E-state index is 6.48. The van der Waals surface area contributed by atoms with Gasteiger partial charge in [0.2, 0.25) is 0 Å². The molecule has 2 aromatic heterocycles. The quantitative estimate of drug-likeness (QED) is 0.206. The Balaban J connectivity index is 1.41. The number of benzene rings is 7. The van der Waals surface area contributed by atoms with Crippen LogP contribution in [-0.4, -0.2) is 9.97 Å². The molecule has 9 rings (SSSR count). The summed E-state index contributed by atoms with van der Waals surface area (Å²) in [7, 11) is 0. The lowest BCUT2D eigenvalue weighted by atomic mass is 9.93. The first-order valence-corrected chi connectivity index (χ1v) is 14.5. The molecule has 0 spiro atoms. The van der Waals surface area contributed by atoms with Crippen molar-refractivity contribution in [3.8, 4) is 33.6 Å². The second-order valence-corrected chi connectivity index (χ2v) is 10.9. The minimum absolute atomic E-state index is 0.850. The van der Waals surface area contributed by atoms with E-state index in [1.165, 1.54) is 10.8 Å². The highest BCUT2D eigenvalue weighted by Gasteiger charge is 2.21. The Labute approximate surface area is 247 Å². The van der Waals surface area contributed by atoms with Gasteiger partial charge >= 0.3 is 0 Å². The fourth-order valence-electron chi connectivity index (χ4n) is 6.53. The van der Waals surface area contributed by atoms with Crippen molar-refractivity contribution in [3.05, 3.63) is 146 Å². The third-order valence-electron chi connectivity index (χ3n) is 8.47. The van der Waals surface area contributed by atoms with Crippen molar-refractivity contribution in [2.75, 3.05) is 0 Å². The summed E-state index contributed by atoms with van der Waals surface area (Å²) in [6.07, 6.45) is 0. The van der Waals surface area contributed by atoms with E-state index < -0.39 is 0 Å². The normalized spacial score (nSPS) is 11.7. The molecular formula is C40H24N2O. The van der Waals surface area contributed by atoms with Crippen LogP contribution in [0.1, 0.15) is 0 Å². The summed E-state index contributed by atoms with van der Waals surface area (Å²) in [5, 5.41) is 6.79. The highest BCUT2D eigenvalue weighted by molar-refractivity contribution is 6.23. The molecule has 7 aromatic carbocycles. The molecule has 0 saturated heterocycles. The second kappa shape index (κ2) is 9.37. The lowest BCUT2D eigenvalue weighted by molar-refractivity contribution is 0.670. The summed E-state index contributed by atoms with van der Waals surface area (Å²) < 4.78 is 6.48. The molecule has 0 bridgehead atoms. The van der Waals surface area contributed by atoms with Crippen LogP contribution < -0.4 is 0 Å². The Morgan fingerprint density at radius 1 is 0.349 bits per heavy atom. The molecule has 0 amide bonds. The molecule has 0 aliphatic heterocycles. The zero-order valence-corrected chi connectivity index (χ0v) is 23.2. The SMILES string of the molecule is c1ccc(-c2nc3c4ccccc4c4ccccc4c3nc2-c2ccccc2-c2cccc3c2oc2ccccc23)cc1. The predicted octanol–water partition coefficient (Wildman–Crippen LogP) is 10.8. The van der Waals surface area contributed by atoms with Crippen molar-refractivity contribution in [2.24, 2.45) is 0 Å². The van der Waals surface area contributed by atoms with Crippen LogP contribution in [0, 0.1) is 0 Å². The van der Waals surface area contributed by atoms with Crippen molar-refractivity contribution >= 4 is 54.5 Å².